The second-order valence-corrected chi connectivity index (χ2v) is 11.2. The van der Waals surface area contributed by atoms with E-state index in [-0.39, 0.29) is 35.7 Å². The number of nitrogens with one attached hydrogen (secondary N) is 1. The van der Waals surface area contributed by atoms with Crippen molar-refractivity contribution in [1.82, 2.24) is 20.0 Å². The van der Waals surface area contributed by atoms with Gasteiger partial charge in [-0.25, -0.2) is 9.18 Å². The molecule has 43 heavy (non-hydrogen) atoms. The fourth-order valence-electron chi connectivity index (χ4n) is 6.17. The van der Waals surface area contributed by atoms with Crippen molar-refractivity contribution < 1.29 is 18.8 Å². The minimum absolute atomic E-state index is 0.0375. The summed E-state index contributed by atoms with van der Waals surface area (Å²) in [4.78, 5) is 50.5. The smallest absolute Gasteiger partial charge is 0.321 e. The molecule has 0 aliphatic carbocycles. The largest absolute Gasteiger partial charge is 0.370 e. The summed E-state index contributed by atoms with van der Waals surface area (Å²) in [5, 5.41) is 4.90. The summed E-state index contributed by atoms with van der Waals surface area (Å²) >= 11 is 0. The van der Waals surface area contributed by atoms with E-state index in [4.69, 9.17) is 11.5 Å². The van der Waals surface area contributed by atoms with Gasteiger partial charge in [0.1, 0.15) is 17.9 Å². The van der Waals surface area contributed by atoms with E-state index in [2.05, 4.69) is 16.4 Å². The number of rotatable bonds is 10. The van der Waals surface area contributed by atoms with Crippen LogP contribution in [0.3, 0.4) is 0 Å². The fourth-order valence-corrected chi connectivity index (χ4v) is 6.17. The van der Waals surface area contributed by atoms with Crippen LogP contribution in [0.1, 0.15) is 30.4 Å². The van der Waals surface area contributed by atoms with Crippen molar-refractivity contribution in [3.8, 4) is 0 Å². The Morgan fingerprint density at radius 1 is 1.05 bits per heavy atom. The molecule has 5 rings (SSSR count). The molecule has 2 saturated heterocycles. The van der Waals surface area contributed by atoms with Crippen LogP contribution in [0.4, 0.5) is 9.18 Å². The fraction of sp³-hybridized carbons (Fsp3) is 0.375. The second kappa shape index (κ2) is 13.1. The summed E-state index contributed by atoms with van der Waals surface area (Å²) in [7, 11) is 1.57. The van der Waals surface area contributed by atoms with Gasteiger partial charge in [0.2, 0.25) is 11.8 Å². The zero-order chi connectivity index (χ0) is 30.5. The molecular formula is C32H38FN7O3. The van der Waals surface area contributed by atoms with E-state index >= 15 is 0 Å². The molecule has 0 aromatic heterocycles. The molecule has 3 atom stereocenters. The summed E-state index contributed by atoms with van der Waals surface area (Å²) < 4.78 is 13.5. The average molecular weight is 588 g/mol. The highest BCUT2D eigenvalue weighted by atomic mass is 19.1. The van der Waals surface area contributed by atoms with Crippen molar-refractivity contribution in [2.24, 2.45) is 16.5 Å². The summed E-state index contributed by atoms with van der Waals surface area (Å²) in [5.41, 5.74) is 12.8. The first-order chi connectivity index (χ1) is 20.7. The Labute approximate surface area is 250 Å². The molecule has 4 amide bonds. The van der Waals surface area contributed by atoms with Crippen molar-refractivity contribution in [3.05, 3.63) is 83.7 Å². The zero-order valence-electron chi connectivity index (χ0n) is 24.3. The number of halogens is 1. The molecule has 3 aromatic rings. The molecule has 2 aliphatic rings. The maximum Gasteiger partial charge on any atom is 0.321 e. The molecule has 2 aliphatic heterocycles. The molecule has 226 valence electrons. The SMILES string of the molecule is CNC(=O)[C@H](Cc1ccc2ccccc2c1)N1CC[C@H]2CN(Cc3ccc(F)cc3)C(=O)N2[C@@H](CCCN=C(N)N)C1=O. The van der Waals surface area contributed by atoms with Crippen LogP contribution in [0.2, 0.25) is 0 Å². The quantitative estimate of drug-likeness (QED) is 0.190. The van der Waals surface area contributed by atoms with Crippen LogP contribution in [-0.4, -0.2) is 83.3 Å². The van der Waals surface area contributed by atoms with E-state index < -0.39 is 12.1 Å². The van der Waals surface area contributed by atoms with Crippen molar-refractivity contribution in [2.45, 2.75) is 50.4 Å². The number of amides is 4. The van der Waals surface area contributed by atoms with Gasteiger partial charge < -0.3 is 31.5 Å². The topological polar surface area (TPSA) is 137 Å². The first-order valence-corrected chi connectivity index (χ1v) is 14.6. The highest BCUT2D eigenvalue weighted by molar-refractivity contribution is 5.93. The zero-order valence-corrected chi connectivity index (χ0v) is 24.3. The third-order valence-corrected chi connectivity index (χ3v) is 8.31. The summed E-state index contributed by atoms with van der Waals surface area (Å²) in [6, 6.07) is 18.1. The third kappa shape index (κ3) is 6.71. The number of aliphatic imine (C=N–C) groups is 1. The van der Waals surface area contributed by atoms with Gasteiger partial charge in [0, 0.05) is 39.6 Å². The van der Waals surface area contributed by atoms with Crippen LogP contribution in [0.5, 0.6) is 0 Å². The maximum absolute atomic E-state index is 14.3. The molecule has 0 spiro atoms. The number of carbonyl (C=O) groups excluding carboxylic acids is 3. The number of carbonyl (C=O) groups is 3. The molecule has 5 N–H and O–H groups in total. The Morgan fingerprint density at radius 3 is 2.49 bits per heavy atom. The number of fused-ring (bicyclic) bond motifs is 2. The molecule has 0 saturated carbocycles. The lowest BCUT2D eigenvalue weighted by atomic mass is 9.99. The van der Waals surface area contributed by atoms with E-state index in [1.165, 1.54) is 12.1 Å². The number of hydrogen-bond donors (Lipinski definition) is 3. The van der Waals surface area contributed by atoms with Crippen molar-refractivity contribution in [1.29, 1.82) is 0 Å². The van der Waals surface area contributed by atoms with E-state index in [1.54, 1.807) is 33.9 Å². The predicted octanol–water partition coefficient (Wildman–Crippen LogP) is 2.60. The maximum atomic E-state index is 14.3. The van der Waals surface area contributed by atoms with Crippen LogP contribution in [0.25, 0.3) is 10.8 Å². The molecule has 11 heteroatoms. The van der Waals surface area contributed by atoms with Crippen LogP contribution in [0.15, 0.2) is 71.7 Å². The number of urea groups is 1. The first-order valence-electron chi connectivity index (χ1n) is 14.6. The van der Waals surface area contributed by atoms with Crippen LogP contribution >= 0.6 is 0 Å². The third-order valence-electron chi connectivity index (χ3n) is 8.31. The highest BCUT2D eigenvalue weighted by Crippen LogP contribution is 2.31. The number of guanidine groups is 1. The molecular weight excluding hydrogens is 549 g/mol. The normalized spacial score (nSPS) is 19.3. The van der Waals surface area contributed by atoms with Gasteiger partial charge >= 0.3 is 6.03 Å². The molecule has 3 aromatic carbocycles. The van der Waals surface area contributed by atoms with E-state index in [1.807, 2.05) is 36.4 Å². The van der Waals surface area contributed by atoms with Gasteiger partial charge in [0.05, 0.1) is 6.04 Å². The Kier molecular flexibility index (Phi) is 9.08. The lowest BCUT2D eigenvalue weighted by Crippen LogP contribution is -2.55. The molecule has 2 fully saturated rings. The molecule has 10 nitrogen and oxygen atoms in total. The number of benzene rings is 3. The Balaban J connectivity index is 1.41. The van der Waals surface area contributed by atoms with Gasteiger partial charge in [-0.05, 0) is 53.3 Å². The van der Waals surface area contributed by atoms with E-state index in [9.17, 15) is 18.8 Å². The monoisotopic (exact) mass is 587 g/mol. The van der Waals surface area contributed by atoms with Crippen molar-refractivity contribution in [2.75, 3.05) is 26.7 Å². The van der Waals surface area contributed by atoms with E-state index in [0.29, 0.717) is 51.9 Å². The Bertz CT molecular complexity index is 1510. The van der Waals surface area contributed by atoms with Gasteiger partial charge in [-0.2, -0.15) is 0 Å². The second-order valence-electron chi connectivity index (χ2n) is 11.2. The van der Waals surface area contributed by atoms with Gasteiger partial charge in [-0.1, -0.05) is 54.6 Å². The predicted molar refractivity (Wildman–Crippen MR) is 163 cm³/mol. The van der Waals surface area contributed by atoms with Crippen LogP contribution < -0.4 is 16.8 Å². The standard InChI is InChI=1S/C32H38FN7O3/c1-36-29(41)28(18-22-8-11-23-5-2-3-6-24(23)17-22)39-16-14-26-20-38(19-21-9-12-25(33)13-10-21)32(43)40(26)27(30(39)42)7-4-15-37-31(34)35/h2-3,5-6,8-13,17,26-28H,4,7,14-16,18-20H2,1H3,(H,36,41)(H4,34,35,37)/t26-,27-,28-/m0/s1. The molecule has 0 unspecified atom stereocenters. The molecule has 0 radical (unpaired) electrons. The Morgan fingerprint density at radius 2 is 1.77 bits per heavy atom. The van der Waals surface area contributed by atoms with Gasteiger partial charge in [0.15, 0.2) is 5.96 Å². The number of nitrogens with zero attached hydrogens (tertiary/aromatic N) is 4. The summed E-state index contributed by atoms with van der Waals surface area (Å²) in [6.07, 6.45) is 1.68. The van der Waals surface area contributed by atoms with Crippen LogP contribution in [-0.2, 0) is 22.6 Å². The Hall–Kier alpha value is -4.67. The van der Waals surface area contributed by atoms with Crippen molar-refractivity contribution >= 4 is 34.6 Å². The number of hydrogen-bond acceptors (Lipinski definition) is 4. The highest BCUT2D eigenvalue weighted by Gasteiger charge is 2.48. The lowest BCUT2D eigenvalue weighted by Gasteiger charge is -2.34. The molecule has 0 bridgehead atoms. The lowest BCUT2D eigenvalue weighted by molar-refractivity contribution is -0.142. The van der Waals surface area contributed by atoms with Gasteiger partial charge in [0.25, 0.3) is 0 Å². The molecule has 2 heterocycles. The van der Waals surface area contributed by atoms with Gasteiger partial charge in [-0.15, -0.1) is 0 Å². The minimum Gasteiger partial charge on any atom is -0.370 e. The summed E-state index contributed by atoms with van der Waals surface area (Å²) in [6.45, 7) is 1.38. The number of likely N-dealkylation sites (N-methyl/N-ethyl adjacent to an activating group) is 1. The van der Waals surface area contributed by atoms with Crippen molar-refractivity contribution in [3.63, 3.8) is 0 Å². The number of nitrogens with two attached hydrogens (primary N) is 2. The minimum atomic E-state index is -0.781. The first kappa shape index (κ1) is 29.8. The summed E-state index contributed by atoms with van der Waals surface area (Å²) in [5.74, 6) is -0.901. The van der Waals surface area contributed by atoms with Gasteiger partial charge in [-0.3, -0.25) is 14.6 Å². The van der Waals surface area contributed by atoms with E-state index in [0.717, 1.165) is 21.9 Å². The van der Waals surface area contributed by atoms with Crippen LogP contribution in [0, 0.1) is 5.82 Å². The average Bonchev–Trinajstić information content (AvgIpc) is 3.23.